The summed E-state index contributed by atoms with van der Waals surface area (Å²) in [5, 5.41) is 3.59. The first-order chi connectivity index (χ1) is 15.0. The zero-order valence-corrected chi connectivity index (χ0v) is 19.0. The molecule has 0 spiro atoms. The molecule has 0 saturated heterocycles. The first-order valence-electron chi connectivity index (χ1n) is 11.0. The maximum atomic E-state index is 13.2. The molecule has 1 atom stereocenters. The van der Waals surface area contributed by atoms with Crippen LogP contribution in [-0.4, -0.2) is 35.4 Å². The second kappa shape index (κ2) is 11.2. The van der Waals surface area contributed by atoms with Gasteiger partial charge in [0.05, 0.1) is 5.02 Å². The SMILES string of the molecule is Cc1ccccc1CN(C(=O)COc1ccccc1Cl)[C@H](C)C(=O)NC1CCCCC1. The van der Waals surface area contributed by atoms with Crippen molar-refractivity contribution in [2.24, 2.45) is 0 Å². The van der Waals surface area contributed by atoms with Gasteiger partial charge in [-0.05, 0) is 49.9 Å². The third kappa shape index (κ3) is 6.47. The highest BCUT2D eigenvalue weighted by atomic mass is 35.5. The van der Waals surface area contributed by atoms with Crippen LogP contribution in [0.2, 0.25) is 5.02 Å². The van der Waals surface area contributed by atoms with Gasteiger partial charge in [-0.15, -0.1) is 0 Å². The summed E-state index contributed by atoms with van der Waals surface area (Å²) in [5.41, 5.74) is 2.08. The van der Waals surface area contributed by atoms with E-state index in [9.17, 15) is 9.59 Å². The molecule has 1 N–H and O–H groups in total. The van der Waals surface area contributed by atoms with Crippen LogP contribution in [-0.2, 0) is 16.1 Å². The van der Waals surface area contributed by atoms with Crippen LogP contribution >= 0.6 is 11.6 Å². The van der Waals surface area contributed by atoms with Crippen LogP contribution in [0.4, 0.5) is 0 Å². The molecule has 0 radical (unpaired) electrons. The Hall–Kier alpha value is -2.53. The average molecular weight is 443 g/mol. The first-order valence-corrected chi connectivity index (χ1v) is 11.3. The minimum absolute atomic E-state index is 0.119. The van der Waals surface area contributed by atoms with Crippen LogP contribution in [0.15, 0.2) is 48.5 Å². The van der Waals surface area contributed by atoms with Crippen LogP contribution in [0.5, 0.6) is 5.75 Å². The van der Waals surface area contributed by atoms with Gasteiger partial charge in [0.15, 0.2) is 6.61 Å². The Kier molecular flexibility index (Phi) is 8.35. The number of hydrogen-bond donors (Lipinski definition) is 1. The minimum atomic E-state index is -0.608. The number of ether oxygens (including phenoxy) is 1. The van der Waals surface area contributed by atoms with E-state index in [1.54, 1.807) is 36.1 Å². The highest BCUT2D eigenvalue weighted by Crippen LogP contribution is 2.23. The van der Waals surface area contributed by atoms with Gasteiger partial charge in [-0.3, -0.25) is 9.59 Å². The maximum Gasteiger partial charge on any atom is 0.261 e. The fourth-order valence-electron chi connectivity index (χ4n) is 3.91. The Bertz CT molecular complexity index is 896. The third-order valence-electron chi connectivity index (χ3n) is 5.91. The molecule has 6 heteroatoms. The second-order valence-electron chi connectivity index (χ2n) is 8.19. The van der Waals surface area contributed by atoms with E-state index in [0.717, 1.165) is 36.8 Å². The van der Waals surface area contributed by atoms with Crippen LogP contribution in [0.25, 0.3) is 0 Å². The van der Waals surface area contributed by atoms with E-state index in [0.29, 0.717) is 17.3 Å². The summed E-state index contributed by atoms with van der Waals surface area (Å²) in [6.07, 6.45) is 5.49. The minimum Gasteiger partial charge on any atom is -0.482 e. The van der Waals surface area contributed by atoms with Crippen molar-refractivity contribution in [3.8, 4) is 5.75 Å². The summed E-state index contributed by atoms with van der Waals surface area (Å²) < 4.78 is 5.67. The molecule has 1 fully saturated rings. The number of aryl methyl sites for hydroxylation is 1. The monoisotopic (exact) mass is 442 g/mol. The number of nitrogens with one attached hydrogen (secondary N) is 1. The largest absolute Gasteiger partial charge is 0.482 e. The Morgan fingerprint density at radius 1 is 1.10 bits per heavy atom. The molecular formula is C25H31ClN2O3. The number of halogens is 1. The van der Waals surface area contributed by atoms with Gasteiger partial charge in [-0.25, -0.2) is 0 Å². The van der Waals surface area contributed by atoms with E-state index >= 15 is 0 Å². The molecule has 0 unspecified atom stereocenters. The summed E-state index contributed by atoms with van der Waals surface area (Å²) in [6.45, 7) is 3.95. The molecule has 0 aliphatic heterocycles. The van der Waals surface area contributed by atoms with Gasteiger partial charge in [0.25, 0.3) is 5.91 Å². The van der Waals surface area contributed by atoms with Crippen molar-refractivity contribution in [1.82, 2.24) is 10.2 Å². The molecular weight excluding hydrogens is 412 g/mol. The van der Waals surface area contributed by atoms with E-state index in [1.165, 1.54) is 6.42 Å². The number of nitrogens with zero attached hydrogens (tertiary/aromatic N) is 1. The Morgan fingerprint density at radius 3 is 2.48 bits per heavy atom. The maximum absolute atomic E-state index is 13.2. The van der Waals surface area contributed by atoms with Crippen molar-refractivity contribution in [2.45, 2.75) is 64.6 Å². The second-order valence-corrected chi connectivity index (χ2v) is 8.59. The molecule has 0 heterocycles. The van der Waals surface area contributed by atoms with Crippen LogP contribution < -0.4 is 10.1 Å². The van der Waals surface area contributed by atoms with Gasteiger partial charge in [0.1, 0.15) is 11.8 Å². The lowest BCUT2D eigenvalue weighted by Crippen LogP contribution is -2.51. The number of para-hydroxylation sites is 1. The van der Waals surface area contributed by atoms with Crippen molar-refractivity contribution >= 4 is 23.4 Å². The third-order valence-corrected chi connectivity index (χ3v) is 6.22. The van der Waals surface area contributed by atoms with E-state index in [-0.39, 0.29) is 24.5 Å². The van der Waals surface area contributed by atoms with Crippen molar-refractivity contribution in [1.29, 1.82) is 0 Å². The summed E-state index contributed by atoms with van der Waals surface area (Å²) in [4.78, 5) is 27.7. The molecule has 166 valence electrons. The Balaban J connectivity index is 1.72. The number of carbonyl (C=O) groups excluding carboxylic acids is 2. The molecule has 5 nitrogen and oxygen atoms in total. The molecule has 0 aromatic heterocycles. The molecule has 1 saturated carbocycles. The summed E-state index contributed by atoms with van der Waals surface area (Å²) >= 11 is 6.15. The van der Waals surface area contributed by atoms with Crippen LogP contribution in [0.3, 0.4) is 0 Å². The lowest BCUT2D eigenvalue weighted by atomic mass is 9.95. The lowest BCUT2D eigenvalue weighted by Gasteiger charge is -2.31. The first kappa shape index (κ1) is 23.1. The number of hydrogen-bond acceptors (Lipinski definition) is 3. The van der Waals surface area contributed by atoms with E-state index in [4.69, 9.17) is 16.3 Å². The van der Waals surface area contributed by atoms with Gasteiger partial charge in [-0.1, -0.05) is 67.3 Å². The van der Waals surface area contributed by atoms with E-state index in [2.05, 4.69) is 5.32 Å². The molecule has 1 aliphatic carbocycles. The number of amides is 2. The van der Waals surface area contributed by atoms with Gasteiger partial charge in [0, 0.05) is 12.6 Å². The molecule has 3 rings (SSSR count). The summed E-state index contributed by atoms with van der Waals surface area (Å²) in [7, 11) is 0. The molecule has 0 bridgehead atoms. The van der Waals surface area contributed by atoms with Crippen LogP contribution in [0.1, 0.15) is 50.2 Å². The zero-order chi connectivity index (χ0) is 22.2. The summed E-state index contributed by atoms with van der Waals surface area (Å²) in [5.74, 6) is 0.0775. The fourth-order valence-corrected chi connectivity index (χ4v) is 4.10. The van der Waals surface area contributed by atoms with Gasteiger partial charge in [0.2, 0.25) is 5.91 Å². The molecule has 2 aromatic carbocycles. The molecule has 1 aliphatic rings. The van der Waals surface area contributed by atoms with Gasteiger partial charge in [-0.2, -0.15) is 0 Å². The number of carbonyl (C=O) groups is 2. The van der Waals surface area contributed by atoms with E-state index < -0.39 is 6.04 Å². The van der Waals surface area contributed by atoms with Crippen molar-refractivity contribution in [2.75, 3.05) is 6.61 Å². The molecule has 2 aromatic rings. The van der Waals surface area contributed by atoms with Gasteiger partial charge < -0.3 is 15.0 Å². The smallest absolute Gasteiger partial charge is 0.261 e. The standard InChI is InChI=1S/C25H31ClN2O3/c1-18-10-6-7-11-20(18)16-28(19(2)25(30)27-21-12-4-3-5-13-21)24(29)17-31-23-15-9-8-14-22(23)26/h6-11,14-15,19,21H,3-5,12-13,16-17H2,1-2H3,(H,27,30)/t19-/m1/s1. The fraction of sp³-hybridized carbons (Fsp3) is 0.440. The molecule has 2 amide bonds. The Morgan fingerprint density at radius 2 is 1.77 bits per heavy atom. The predicted molar refractivity (Wildman–Crippen MR) is 123 cm³/mol. The van der Waals surface area contributed by atoms with Gasteiger partial charge >= 0.3 is 0 Å². The van der Waals surface area contributed by atoms with Crippen molar-refractivity contribution < 1.29 is 14.3 Å². The highest BCUT2D eigenvalue weighted by molar-refractivity contribution is 6.32. The quantitative estimate of drug-likeness (QED) is 0.633. The zero-order valence-electron chi connectivity index (χ0n) is 18.3. The lowest BCUT2D eigenvalue weighted by molar-refractivity contribution is -0.142. The number of benzene rings is 2. The molecule has 31 heavy (non-hydrogen) atoms. The van der Waals surface area contributed by atoms with E-state index in [1.807, 2.05) is 31.2 Å². The average Bonchev–Trinajstić information content (AvgIpc) is 2.78. The van der Waals surface area contributed by atoms with Crippen molar-refractivity contribution in [3.05, 3.63) is 64.7 Å². The highest BCUT2D eigenvalue weighted by Gasteiger charge is 2.28. The summed E-state index contributed by atoms with van der Waals surface area (Å²) in [6, 6.07) is 14.5. The van der Waals surface area contributed by atoms with Crippen molar-refractivity contribution in [3.63, 3.8) is 0 Å². The normalized spacial score (nSPS) is 15.2. The van der Waals surface area contributed by atoms with Crippen LogP contribution in [0, 0.1) is 6.92 Å². The predicted octanol–water partition coefficient (Wildman–Crippen LogP) is 4.89. The number of rotatable bonds is 8. The Labute approximate surface area is 189 Å². The topological polar surface area (TPSA) is 58.6 Å².